The van der Waals surface area contributed by atoms with E-state index in [0.717, 1.165) is 19.6 Å². The Hall–Kier alpha value is -1.20. The molecule has 20 heavy (non-hydrogen) atoms. The fourth-order valence-electron chi connectivity index (χ4n) is 2.55. The third-order valence-corrected chi connectivity index (χ3v) is 5.23. The van der Waals surface area contributed by atoms with Gasteiger partial charge in [0.15, 0.2) is 5.25 Å². The van der Waals surface area contributed by atoms with Gasteiger partial charge in [-0.2, -0.15) is 0 Å². The van der Waals surface area contributed by atoms with Crippen molar-refractivity contribution in [1.82, 2.24) is 4.90 Å². The molecule has 1 aliphatic rings. The van der Waals surface area contributed by atoms with E-state index in [9.17, 15) is 14.1 Å². The van der Waals surface area contributed by atoms with E-state index in [1.165, 1.54) is 19.3 Å². The van der Waals surface area contributed by atoms with Gasteiger partial charge in [-0.15, -0.1) is 0 Å². The van der Waals surface area contributed by atoms with Crippen LogP contribution in [-0.4, -0.2) is 45.6 Å². The smallest absolute Gasteiger partial charge is 0.323 e. The molecule has 2 atom stereocenters. The minimum Gasteiger partial charge on any atom is -0.480 e. The molecule has 0 amide bonds. The fourth-order valence-corrected chi connectivity index (χ4v) is 3.91. The normalized spacial score (nSPS) is 19.4. The zero-order chi connectivity index (χ0) is 14.4. The Labute approximate surface area is 122 Å². The third kappa shape index (κ3) is 4.15. The topological polar surface area (TPSA) is 57.6 Å². The Kier molecular flexibility index (Phi) is 5.73. The molecule has 2 unspecified atom stereocenters. The molecule has 0 spiro atoms. The summed E-state index contributed by atoms with van der Waals surface area (Å²) in [6, 6.07) is 8.87. The van der Waals surface area contributed by atoms with Crippen LogP contribution in [0.2, 0.25) is 0 Å². The summed E-state index contributed by atoms with van der Waals surface area (Å²) < 4.78 is 12.3. The van der Waals surface area contributed by atoms with E-state index in [-0.39, 0.29) is 0 Å². The van der Waals surface area contributed by atoms with E-state index < -0.39 is 22.0 Å². The molecule has 4 nitrogen and oxygen atoms in total. The zero-order valence-electron chi connectivity index (χ0n) is 11.5. The summed E-state index contributed by atoms with van der Waals surface area (Å²) in [5.41, 5.74) is 0.622. The predicted molar refractivity (Wildman–Crippen MR) is 80.1 cm³/mol. The Bertz CT molecular complexity index is 457. The van der Waals surface area contributed by atoms with Crippen molar-refractivity contribution < 1.29 is 14.1 Å². The number of likely N-dealkylation sites (tertiary alicyclic amines) is 1. The lowest BCUT2D eigenvalue weighted by Crippen LogP contribution is -2.34. The summed E-state index contributed by atoms with van der Waals surface area (Å²) >= 11 is 0. The Morgan fingerprint density at radius 3 is 2.45 bits per heavy atom. The number of hydrogen-bond donors (Lipinski definition) is 1. The van der Waals surface area contributed by atoms with E-state index in [2.05, 4.69) is 4.90 Å². The molecule has 1 fully saturated rings. The molecule has 5 heteroatoms. The molecule has 0 bridgehead atoms. The van der Waals surface area contributed by atoms with Crippen LogP contribution in [-0.2, 0) is 15.6 Å². The van der Waals surface area contributed by atoms with Gasteiger partial charge < -0.3 is 10.0 Å². The monoisotopic (exact) mass is 295 g/mol. The van der Waals surface area contributed by atoms with Crippen LogP contribution in [0.15, 0.2) is 30.3 Å². The number of rotatable bonds is 6. The fraction of sp³-hybridized carbons (Fsp3) is 0.533. The van der Waals surface area contributed by atoms with Gasteiger partial charge in [0.2, 0.25) is 0 Å². The molecule has 1 saturated heterocycles. The molecular formula is C15H21NO3S. The van der Waals surface area contributed by atoms with E-state index in [4.69, 9.17) is 0 Å². The van der Waals surface area contributed by atoms with E-state index in [1.54, 1.807) is 24.3 Å². The molecule has 0 aromatic heterocycles. The highest BCUT2D eigenvalue weighted by Crippen LogP contribution is 2.20. The standard InChI is InChI=1S/C15H21NO3S/c17-15(18)14(13-7-3-1-4-8-13)20(19)12-11-16-9-5-2-6-10-16/h1,3-4,7-8,14H,2,5-6,9-12H2,(H,17,18). The maximum absolute atomic E-state index is 12.3. The zero-order valence-corrected chi connectivity index (χ0v) is 12.3. The largest absolute Gasteiger partial charge is 0.480 e. The molecule has 1 heterocycles. The highest BCUT2D eigenvalue weighted by molar-refractivity contribution is 7.86. The van der Waals surface area contributed by atoms with Gasteiger partial charge in [-0.05, 0) is 31.5 Å². The molecule has 1 aromatic rings. The molecule has 1 aliphatic heterocycles. The summed E-state index contributed by atoms with van der Waals surface area (Å²) in [6.45, 7) is 2.81. The second-order valence-electron chi connectivity index (χ2n) is 5.12. The minimum absolute atomic E-state index is 0.422. The third-order valence-electron chi connectivity index (χ3n) is 3.65. The van der Waals surface area contributed by atoms with Crippen LogP contribution in [0, 0.1) is 0 Å². The maximum atomic E-state index is 12.3. The molecule has 0 aliphatic carbocycles. The summed E-state index contributed by atoms with van der Waals surface area (Å²) in [4.78, 5) is 13.7. The highest BCUT2D eigenvalue weighted by Gasteiger charge is 2.26. The number of aliphatic carboxylic acids is 1. The van der Waals surface area contributed by atoms with Crippen LogP contribution >= 0.6 is 0 Å². The van der Waals surface area contributed by atoms with E-state index >= 15 is 0 Å². The highest BCUT2D eigenvalue weighted by atomic mass is 32.2. The molecule has 110 valence electrons. The van der Waals surface area contributed by atoms with Gasteiger partial charge in [0, 0.05) is 23.1 Å². The Morgan fingerprint density at radius 1 is 1.20 bits per heavy atom. The number of nitrogens with zero attached hydrogens (tertiary/aromatic N) is 1. The first-order valence-corrected chi connectivity index (χ1v) is 8.44. The van der Waals surface area contributed by atoms with Gasteiger partial charge >= 0.3 is 5.97 Å². The molecule has 1 aromatic carbocycles. The Balaban J connectivity index is 1.95. The van der Waals surface area contributed by atoms with Crippen molar-refractivity contribution in [2.75, 3.05) is 25.4 Å². The molecule has 0 saturated carbocycles. The van der Waals surface area contributed by atoms with Crippen LogP contribution in [0.4, 0.5) is 0 Å². The molecular weight excluding hydrogens is 274 g/mol. The van der Waals surface area contributed by atoms with Gasteiger partial charge in [-0.25, -0.2) is 0 Å². The maximum Gasteiger partial charge on any atom is 0.323 e. The second-order valence-corrected chi connectivity index (χ2v) is 6.76. The predicted octanol–water partition coefficient (Wildman–Crippen LogP) is 2.05. The molecule has 2 rings (SSSR count). The van der Waals surface area contributed by atoms with Crippen molar-refractivity contribution in [3.8, 4) is 0 Å². The van der Waals surface area contributed by atoms with Crippen molar-refractivity contribution in [2.45, 2.75) is 24.5 Å². The average Bonchev–Trinajstić information content (AvgIpc) is 2.47. The second kappa shape index (κ2) is 7.55. The van der Waals surface area contributed by atoms with E-state index in [0.29, 0.717) is 11.3 Å². The van der Waals surface area contributed by atoms with Crippen LogP contribution in [0.5, 0.6) is 0 Å². The summed E-state index contributed by atoms with van der Waals surface area (Å²) in [5.74, 6) is -0.584. The van der Waals surface area contributed by atoms with Crippen LogP contribution in [0.25, 0.3) is 0 Å². The summed E-state index contributed by atoms with van der Waals surface area (Å²) in [5, 5.41) is 8.41. The Morgan fingerprint density at radius 2 is 1.85 bits per heavy atom. The van der Waals surface area contributed by atoms with Crippen molar-refractivity contribution in [3.05, 3.63) is 35.9 Å². The van der Waals surface area contributed by atoms with Crippen molar-refractivity contribution >= 4 is 16.8 Å². The summed E-state index contributed by atoms with van der Waals surface area (Å²) in [7, 11) is -1.38. The van der Waals surface area contributed by atoms with Crippen molar-refractivity contribution in [3.63, 3.8) is 0 Å². The number of piperidine rings is 1. The minimum atomic E-state index is -1.38. The van der Waals surface area contributed by atoms with Gasteiger partial charge in [-0.3, -0.25) is 9.00 Å². The van der Waals surface area contributed by atoms with Crippen molar-refractivity contribution in [2.24, 2.45) is 0 Å². The van der Waals surface area contributed by atoms with Crippen molar-refractivity contribution in [1.29, 1.82) is 0 Å². The lowest BCUT2D eigenvalue weighted by molar-refractivity contribution is -0.136. The molecule has 0 radical (unpaired) electrons. The average molecular weight is 295 g/mol. The summed E-state index contributed by atoms with van der Waals surface area (Å²) in [6.07, 6.45) is 3.64. The number of carboxylic acids is 1. The van der Waals surface area contributed by atoms with Gasteiger partial charge in [0.25, 0.3) is 0 Å². The lowest BCUT2D eigenvalue weighted by Gasteiger charge is -2.26. The van der Waals surface area contributed by atoms with Gasteiger partial charge in [0.1, 0.15) is 0 Å². The number of hydrogen-bond acceptors (Lipinski definition) is 3. The SMILES string of the molecule is O=C(O)C(c1ccccc1)S(=O)CCN1CCCCC1. The first-order valence-electron chi connectivity index (χ1n) is 7.06. The lowest BCUT2D eigenvalue weighted by atomic mass is 10.1. The number of carboxylic acid groups (broad SMARTS) is 1. The first-order chi connectivity index (χ1) is 9.68. The number of benzene rings is 1. The quantitative estimate of drug-likeness (QED) is 0.872. The molecule has 1 N–H and O–H groups in total. The van der Waals surface area contributed by atoms with Crippen LogP contribution in [0.3, 0.4) is 0 Å². The van der Waals surface area contributed by atoms with Crippen LogP contribution < -0.4 is 0 Å². The van der Waals surface area contributed by atoms with Crippen LogP contribution in [0.1, 0.15) is 30.1 Å². The van der Waals surface area contributed by atoms with Gasteiger partial charge in [0.05, 0.1) is 0 Å². The number of carbonyl (C=O) groups is 1. The van der Waals surface area contributed by atoms with Gasteiger partial charge in [-0.1, -0.05) is 36.8 Å². The first kappa shape index (κ1) is 15.2. The van der Waals surface area contributed by atoms with E-state index in [1.807, 2.05) is 6.07 Å².